The number of nitrogens with zero attached hydrogens (tertiary/aromatic N) is 1. The Labute approximate surface area is 157 Å². The van der Waals surface area contributed by atoms with Crippen LogP contribution in [-0.4, -0.2) is 24.0 Å². The number of hydrogen-bond donors (Lipinski definition) is 1. The van der Waals surface area contributed by atoms with E-state index in [4.69, 9.17) is 0 Å². The topological polar surface area (TPSA) is 51.2 Å². The van der Waals surface area contributed by atoms with Gasteiger partial charge in [0.25, 0.3) is 5.91 Å². The summed E-state index contributed by atoms with van der Waals surface area (Å²) in [6, 6.07) is 9.70. The molecule has 1 amide bonds. The molecule has 136 valence electrons. The van der Waals surface area contributed by atoms with E-state index >= 15 is 0 Å². The summed E-state index contributed by atoms with van der Waals surface area (Å²) in [5.41, 5.74) is 1.38. The van der Waals surface area contributed by atoms with Gasteiger partial charge in [-0.1, -0.05) is 0 Å². The van der Waals surface area contributed by atoms with Crippen LogP contribution in [0.5, 0.6) is 5.75 Å². The number of thiophene rings is 1. The van der Waals surface area contributed by atoms with Crippen LogP contribution in [-0.2, 0) is 6.42 Å². The van der Waals surface area contributed by atoms with Crippen LogP contribution in [0, 0.1) is 6.92 Å². The van der Waals surface area contributed by atoms with Crippen molar-refractivity contribution in [1.29, 1.82) is 0 Å². The third-order valence-electron chi connectivity index (χ3n) is 3.53. The highest BCUT2D eigenvalue weighted by atomic mass is 32.1. The second kappa shape index (κ2) is 8.37. The Bertz CT molecular complexity index is 875. The number of carbonyl (C=O) groups is 1. The van der Waals surface area contributed by atoms with Crippen molar-refractivity contribution in [3.63, 3.8) is 0 Å². The third-order valence-corrected chi connectivity index (χ3v) is 5.47. The van der Waals surface area contributed by atoms with Crippen molar-refractivity contribution >= 4 is 28.6 Å². The second-order valence-corrected chi connectivity index (χ2v) is 7.66. The second-order valence-electron chi connectivity index (χ2n) is 5.43. The molecule has 1 N–H and O–H groups in total. The highest BCUT2D eigenvalue weighted by molar-refractivity contribution is 7.16. The molecule has 0 aliphatic carbocycles. The Morgan fingerprint density at radius 1 is 1.23 bits per heavy atom. The summed E-state index contributed by atoms with van der Waals surface area (Å²) in [6.07, 6.45) is 0.714. The van der Waals surface area contributed by atoms with E-state index in [-0.39, 0.29) is 11.7 Å². The van der Waals surface area contributed by atoms with E-state index in [0.29, 0.717) is 18.5 Å². The van der Waals surface area contributed by atoms with Gasteiger partial charge < -0.3 is 10.1 Å². The number of aryl methyl sites for hydroxylation is 1. The molecule has 0 atom stereocenters. The maximum absolute atomic E-state index is 12.1. The van der Waals surface area contributed by atoms with Gasteiger partial charge in [0, 0.05) is 22.4 Å². The van der Waals surface area contributed by atoms with Gasteiger partial charge in [-0.05, 0) is 49.7 Å². The molecule has 0 saturated carbocycles. The maximum atomic E-state index is 12.1. The van der Waals surface area contributed by atoms with E-state index in [0.717, 1.165) is 20.5 Å². The maximum Gasteiger partial charge on any atom is 0.387 e. The fraction of sp³-hybridized carbons (Fsp3) is 0.222. The van der Waals surface area contributed by atoms with Gasteiger partial charge in [-0.15, -0.1) is 22.7 Å². The summed E-state index contributed by atoms with van der Waals surface area (Å²) in [5, 5.41) is 5.90. The summed E-state index contributed by atoms with van der Waals surface area (Å²) in [7, 11) is 0. The van der Waals surface area contributed by atoms with E-state index in [1.807, 2.05) is 24.4 Å². The molecule has 0 fully saturated rings. The number of aromatic nitrogens is 1. The van der Waals surface area contributed by atoms with Gasteiger partial charge in [0.1, 0.15) is 5.75 Å². The van der Waals surface area contributed by atoms with Crippen LogP contribution in [0.1, 0.15) is 20.2 Å². The van der Waals surface area contributed by atoms with E-state index in [1.54, 1.807) is 22.7 Å². The number of carbonyl (C=O) groups excluding carboxylic acids is 1. The fourth-order valence-electron chi connectivity index (χ4n) is 2.32. The van der Waals surface area contributed by atoms with Crippen LogP contribution in [0.4, 0.5) is 8.78 Å². The summed E-state index contributed by atoms with van der Waals surface area (Å²) >= 11 is 3.28. The molecule has 3 rings (SSSR count). The smallest absolute Gasteiger partial charge is 0.387 e. The number of hydrogen-bond acceptors (Lipinski definition) is 5. The van der Waals surface area contributed by atoms with Gasteiger partial charge in [-0.25, -0.2) is 4.98 Å². The van der Waals surface area contributed by atoms with Crippen molar-refractivity contribution < 1.29 is 18.3 Å². The SMILES string of the molecule is Cc1nc(-c2ccc(CCNC(=O)c3ccc(OC(F)F)cc3)s2)cs1. The zero-order chi connectivity index (χ0) is 18.5. The van der Waals surface area contributed by atoms with Gasteiger partial charge in [-0.2, -0.15) is 8.78 Å². The van der Waals surface area contributed by atoms with Gasteiger partial charge in [0.2, 0.25) is 0 Å². The van der Waals surface area contributed by atoms with Gasteiger partial charge in [-0.3, -0.25) is 4.79 Å². The van der Waals surface area contributed by atoms with Crippen LogP contribution < -0.4 is 10.1 Å². The summed E-state index contributed by atoms with van der Waals surface area (Å²) < 4.78 is 28.5. The monoisotopic (exact) mass is 394 g/mol. The lowest BCUT2D eigenvalue weighted by atomic mass is 10.2. The largest absolute Gasteiger partial charge is 0.435 e. The van der Waals surface area contributed by atoms with Crippen LogP contribution in [0.3, 0.4) is 0 Å². The molecule has 0 spiro atoms. The quantitative estimate of drug-likeness (QED) is 0.629. The predicted octanol–water partition coefficient (Wildman–Crippen LogP) is 4.75. The minimum Gasteiger partial charge on any atom is -0.435 e. The van der Waals surface area contributed by atoms with E-state index in [9.17, 15) is 13.6 Å². The third kappa shape index (κ3) is 4.86. The molecule has 26 heavy (non-hydrogen) atoms. The minimum atomic E-state index is -2.88. The molecular weight excluding hydrogens is 378 g/mol. The number of ether oxygens (including phenoxy) is 1. The first-order valence-corrected chi connectivity index (χ1v) is 9.55. The molecule has 2 aromatic heterocycles. The van der Waals surface area contributed by atoms with Crippen molar-refractivity contribution in [3.05, 3.63) is 57.2 Å². The van der Waals surface area contributed by atoms with Crippen LogP contribution >= 0.6 is 22.7 Å². The molecule has 4 nitrogen and oxygen atoms in total. The average Bonchev–Trinajstić information content (AvgIpc) is 3.24. The fourth-order valence-corrected chi connectivity index (χ4v) is 3.97. The zero-order valence-corrected chi connectivity index (χ0v) is 15.5. The molecule has 8 heteroatoms. The summed E-state index contributed by atoms with van der Waals surface area (Å²) in [5.74, 6) is -0.222. The number of amides is 1. The lowest BCUT2D eigenvalue weighted by Gasteiger charge is -2.06. The zero-order valence-electron chi connectivity index (χ0n) is 13.9. The van der Waals surface area contributed by atoms with E-state index in [1.165, 1.54) is 24.3 Å². The Hall–Kier alpha value is -2.32. The van der Waals surface area contributed by atoms with Gasteiger partial charge >= 0.3 is 6.61 Å². The van der Waals surface area contributed by atoms with Gasteiger partial charge in [0.15, 0.2) is 0 Å². The van der Waals surface area contributed by atoms with Crippen molar-refractivity contribution in [2.24, 2.45) is 0 Å². The highest BCUT2D eigenvalue weighted by Crippen LogP contribution is 2.29. The summed E-state index contributed by atoms with van der Waals surface area (Å²) in [6.45, 7) is -0.410. The number of thiazole rings is 1. The molecule has 0 aliphatic heterocycles. The number of nitrogens with one attached hydrogen (secondary N) is 1. The number of alkyl halides is 2. The highest BCUT2D eigenvalue weighted by Gasteiger charge is 2.09. The summed E-state index contributed by atoms with van der Waals surface area (Å²) in [4.78, 5) is 18.8. The van der Waals surface area contributed by atoms with Crippen molar-refractivity contribution in [3.8, 4) is 16.3 Å². The van der Waals surface area contributed by atoms with Crippen LogP contribution in [0.2, 0.25) is 0 Å². The standard InChI is InChI=1S/C18H16F2N2O2S2/c1-11-22-15(10-25-11)16-7-6-14(26-16)8-9-21-17(23)12-2-4-13(5-3-12)24-18(19)20/h2-7,10,18H,8-9H2,1H3,(H,21,23). The van der Waals surface area contributed by atoms with E-state index in [2.05, 4.69) is 15.0 Å². The predicted molar refractivity (Wildman–Crippen MR) is 99.3 cm³/mol. The van der Waals surface area contributed by atoms with Crippen LogP contribution in [0.25, 0.3) is 10.6 Å². The lowest BCUT2D eigenvalue weighted by molar-refractivity contribution is -0.0498. The Morgan fingerprint density at radius 2 is 2.00 bits per heavy atom. The van der Waals surface area contributed by atoms with Crippen molar-refractivity contribution in [2.45, 2.75) is 20.0 Å². The molecule has 0 saturated heterocycles. The molecule has 0 radical (unpaired) electrons. The van der Waals surface area contributed by atoms with Crippen molar-refractivity contribution in [2.75, 3.05) is 6.54 Å². The average molecular weight is 394 g/mol. The molecule has 0 bridgehead atoms. The minimum absolute atomic E-state index is 0.0277. The number of benzene rings is 1. The Balaban J connectivity index is 1.50. The number of halogens is 2. The van der Waals surface area contributed by atoms with Gasteiger partial charge in [0.05, 0.1) is 15.6 Å². The first-order valence-electron chi connectivity index (χ1n) is 7.85. The lowest BCUT2D eigenvalue weighted by Crippen LogP contribution is -2.25. The molecule has 0 unspecified atom stereocenters. The first kappa shape index (κ1) is 18.5. The molecule has 1 aromatic carbocycles. The van der Waals surface area contributed by atoms with E-state index < -0.39 is 6.61 Å². The van der Waals surface area contributed by atoms with Crippen molar-refractivity contribution in [1.82, 2.24) is 10.3 Å². The van der Waals surface area contributed by atoms with Crippen LogP contribution in [0.15, 0.2) is 41.8 Å². The molecule has 2 heterocycles. The normalized spacial score (nSPS) is 10.9. The molecule has 3 aromatic rings. The first-order chi connectivity index (χ1) is 12.5. The Morgan fingerprint density at radius 3 is 2.65 bits per heavy atom. The Kier molecular flexibility index (Phi) is 5.95. The molecular formula is C18H16F2N2O2S2. The molecule has 0 aliphatic rings. The number of rotatable bonds is 7.